The van der Waals surface area contributed by atoms with Gasteiger partial charge in [-0.3, -0.25) is 0 Å². The van der Waals surface area contributed by atoms with Crippen LogP contribution >= 0.6 is 11.6 Å². The van der Waals surface area contributed by atoms with Gasteiger partial charge in [0.05, 0.1) is 23.5 Å². The normalized spacial score (nSPS) is 28.3. The lowest BCUT2D eigenvalue weighted by Gasteiger charge is -2.32. The minimum atomic E-state index is 0.501. The molecule has 138 valence electrons. The second kappa shape index (κ2) is 8.19. The van der Waals surface area contributed by atoms with Crippen molar-refractivity contribution in [2.75, 3.05) is 37.7 Å². The lowest BCUT2D eigenvalue weighted by atomic mass is 9.90. The van der Waals surface area contributed by atoms with Gasteiger partial charge in [0.2, 0.25) is 5.95 Å². The van der Waals surface area contributed by atoms with Gasteiger partial charge in [-0.2, -0.15) is 0 Å². The van der Waals surface area contributed by atoms with E-state index in [2.05, 4.69) is 20.2 Å². The van der Waals surface area contributed by atoms with Crippen LogP contribution in [-0.4, -0.2) is 48.9 Å². The van der Waals surface area contributed by atoms with E-state index in [0.717, 1.165) is 56.5 Å². The summed E-state index contributed by atoms with van der Waals surface area (Å²) in [6.07, 6.45) is 11.4. The molecule has 1 aromatic heterocycles. The number of aromatic nitrogens is 2. The standard InChI is InChI=1S/C19H29ClN4O/c20-16-12-22-19(23-13-16)24-8-3-14(4-9-24)18-11-15(18)5-10-25-17-1-6-21-7-2-17/h12-15,17-18,21H,1-11H2/t15-,18-/m1/s1. The molecule has 1 aliphatic carbocycles. The molecule has 1 N–H and O–H groups in total. The van der Waals surface area contributed by atoms with Gasteiger partial charge in [0.1, 0.15) is 0 Å². The third kappa shape index (κ3) is 4.63. The zero-order chi connectivity index (χ0) is 17.1. The van der Waals surface area contributed by atoms with Gasteiger partial charge in [0, 0.05) is 19.7 Å². The fraction of sp³-hybridized carbons (Fsp3) is 0.789. The second-order valence-corrected chi connectivity index (χ2v) is 8.23. The van der Waals surface area contributed by atoms with E-state index in [1.807, 2.05) is 0 Å². The fourth-order valence-electron chi connectivity index (χ4n) is 4.52. The Hall–Kier alpha value is -0.910. The van der Waals surface area contributed by atoms with Crippen LogP contribution in [0.3, 0.4) is 0 Å². The second-order valence-electron chi connectivity index (χ2n) is 7.79. The molecule has 0 radical (unpaired) electrons. The monoisotopic (exact) mass is 364 g/mol. The molecule has 5 nitrogen and oxygen atoms in total. The Bertz CT molecular complexity index is 541. The van der Waals surface area contributed by atoms with Crippen molar-refractivity contribution >= 4 is 17.5 Å². The highest BCUT2D eigenvalue weighted by Crippen LogP contribution is 2.49. The van der Waals surface area contributed by atoms with Gasteiger partial charge in [-0.05, 0) is 69.4 Å². The van der Waals surface area contributed by atoms with E-state index in [9.17, 15) is 0 Å². The third-order valence-corrected chi connectivity index (χ3v) is 6.34. The summed E-state index contributed by atoms with van der Waals surface area (Å²) in [5.74, 6) is 3.55. The van der Waals surface area contributed by atoms with Gasteiger partial charge in [0.15, 0.2) is 0 Å². The molecule has 3 fully saturated rings. The van der Waals surface area contributed by atoms with Crippen molar-refractivity contribution in [1.29, 1.82) is 0 Å². The summed E-state index contributed by atoms with van der Waals surface area (Å²) in [7, 11) is 0. The first kappa shape index (κ1) is 17.5. The molecule has 1 saturated carbocycles. The average molecular weight is 365 g/mol. The average Bonchev–Trinajstić information content (AvgIpc) is 3.43. The summed E-state index contributed by atoms with van der Waals surface area (Å²) < 4.78 is 6.08. The zero-order valence-electron chi connectivity index (χ0n) is 14.9. The Morgan fingerprint density at radius 2 is 1.84 bits per heavy atom. The molecule has 3 aliphatic rings. The Morgan fingerprint density at radius 3 is 2.56 bits per heavy atom. The lowest BCUT2D eigenvalue weighted by molar-refractivity contribution is 0.0287. The molecule has 0 spiro atoms. The highest BCUT2D eigenvalue weighted by Gasteiger charge is 2.43. The third-order valence-electron chi connectivity index (χ3n) is 6.14. The Balaban J connectivity index is 1.15. The largest absolute Gasteiger partial charge is 0.378 e. The van der Waals surface area contributed by atoms with E-state index in [1.54, 1.807) is 12.4 Å². The number of hydrogen-bond donors (Lipinski definition) is 1. The summed E-state index contributed by atoms with van der Waals surface area (Å²) >= 11 is 5.87. The van der Waals surface area contributed by atoms with Crippen molar-refractivity contribution in [3.63, 3.8) is 0 Å². The van der Waals surface area contributed by atoms with Crippen LogP contribution in [0, 0.1) is 17.8 Å². The number of rotatable bonds is 6. The number of piperidine rings is 2. The van der Waals surface area contributed by atoms with Gasteiger partial charge in [-0.1, -0.05) is 11.6 Å². The molecule has 2 saturated heterocycles. The smallest absolute Gasteiger partial charge is 0.225 e. The highest BCUT2D eigenvalue weighted by molar-refractivity contribution is 6.30. The van der Waals surface area contributed by atoms with Crippen LogP contribution in [0.5, 0.6) is 0 Å². The van der Waals surface area contributed by atoms with Crippen LogP contribution in [0.25, 0.3) is 0 Å². The van der Waals surface area contributed by atoms with Gasteiger partial charge in [0.25, 0.3) is 0 Å². The molecule has 2 atom stereocenters. The fourth-order valence-corrected chi connectivity index (χ4v) is 4.62. The van der Waals surface area contributed by atoms with Gasteiger partial charge in [-0.15, -0.1) is 0 Å². The van der Waals surface area contributed by atoms with Crippen LogP contribution in [0.1, 0.15) is 38.5 Å². The Kier molecular flexibility index (Phi) is 5.73. The topological polar surface area (TPSA) is 50.3 Å². The first-order valence-electron chi connectivity index (χ1n) is 9.84. The molecular formula is C19H29ClN4O. The lowest BCUT2D eigenvalue weighted by Crippen LogP contribution is -2.35. The number of ether oxygens (including phenoxy) is 1. The predicted molar refractivity (Wildman–Crippen MR) is 100 cm³/mol. The van der Waals surface area contributed by atoms with Crippen molar-refractivity contribution in [3.05, 3.63) is 17.4 Å². The SMILES string of the molecule is Clc1cnc(N2CCC([C@H]3C[C@H]3CCOC3CCNCC3)CC2)nc1. The maximum absolute atomic E-state index is 6.08. The predicted octanol–water partition coefficient (Wildman–Crippen LogP) is 3.14. The molecule has 0 aromatic carbocycles. The summed E-state index contributed by atoms with van der Waals surface area (Å²) in [6, 6.07) is 0. The van der Waals surface area contributed by atoms with Crippen molar-refractivity contribution < 1.29 is 4.74 Å². The number of hydrogen-bond acceptors (Lipinski definition) is 5. The van der Waals surface area contributed by atoms with Crippen molar-refractivity contribution in [2.45, 2.75) is 44.6 Å². The maximum atomic E-state index is 6.08. The molecule has 2 aliphatic heterocycles. The molecule has 6 heteroatoms. The van der Waals surface area contributed by atoms with Crippen LogP contribution in [0.15, 0.2) is 12.4 Å². The minimum Gasteiger partial charge on any atom is -0.378 e. The Labute approximate surface area is 155 Å². The van der Waals surface area contributed by atoms with E-state index in [0.29, 0.717) is 11.1 Å². The van der Waals surface area contributed by atoms with Crippen molar-refractivity contribution in [3.8, 4) is 0 Å². The van der Waals surface area contributed by atoms with Crippen LogP contribution < -0.4 is 10.2 Å². The van der Waals surface area contributed by atoms with E-state index in [1.165, 1.54) is 38.5 Å². The molecule has 4 rings (SSSR count). The van der Waals surface area contributed by atoms with Crippen LogP contribution in [0.4, 0.5) is 5.95 Å². The summed E-state index contributed by atoms with van der Waals surface area (Å²) in [5.41, 5.74) is 0. The molecule has 0 bridgehead atoms. The van der Waals surface area contributed by atoms with Crippen LogP contribution in [-0.2, 0) is 4.74 Å². The minimum absolute atomic E-state index is 0.501. The van der Waals surface area contributed by atoms with Gasteiger partial charge < -0.3 is 15.0 Å². The quantitative estimate of drug-likeness (QED) is 0.840. The van der Waals surface area contributed by atoms with Gasteiger partial charge >= 0.3 is 0 Å². The summed E-state index contributed by atoms with van der Waals surface area (Å²) in [5, 5.41) is 4.00. The first-order valence-corrected chi connectivity index (χ1v) is 10.2. The number of nitrogens with zero attached hydrogens (tertiary/aromatic N) is 3. The number of halogens is 1. The van der Waals surface area contributed by atoms with Crippen molar-refractivity contribution in [1.82, 2.24) is 15.3 Å². The summed E-state index contributed by atoms with van der Waals surface area (Å²) in [4.78, 5) is 11.0. The molecule has 3 heterocycles. The van der Waals surface area contributed by atoms with Crippen LogP contribution in [0.2, 0.25) is 5.02 Å². The zero-order valence-corrected chi connectivity index (χ0v) is 15.6. The Morgan fingerprint density at radius 1 is 1.12 bits per heavy atom. The van der Waals surface area contributed by atoms with E-state index < -0.39 is 0 Å². The molecule has 1 aromatic rings. The molecule has 0 unspecified atom stereocenters. The highest BCUT2D eigenvalue weighted by atomic mass is 35.5. The summed E-state index contributed by atoms with van der Waals surface area (Å²) in [6.45, 7) is 5.34. The number of anilines is 1. The van der Waals surface area contributed by atoms with E-state index in [4.69, 9.17) is 16.3 Å². The van der Waals surface area contributed by atoms with Gasteiger partial charge in [-0.25, -0.2) is 9.97 Å². The number of nitrogens with one attached hydrogen (secondary N) is 1. The molecular weight excluding hydrogens is 336 g/mol. The van der Waals surface area contributed by atoms with E-state index in [-0.39, 0.29) is 0 Å². The maximum Gasteiger partial charge on any atom is 0.225 e. The first-order chi connectivity index (χ1) is 12.3. The molecule has 25 heavy (non-hydrogen) atoms. The van der Waals surface area contributed by atoms with Crippen molar-refractivity contribution in [2.24, 2.45) is 17.8 Å². The van der Waals surface area contributed by atoms with E-state index >= 15 is 0 Å². The molecule has 0 amide bonds.